The first-order valence-corrected chi connectivity index (χ1v) is 9.58. The topological polar surface area (TPSA) is 43.3 Å². The van der Waals surface area contributed by atoms with E-state index < -0.39 is 16.3 Å². The Morgan fingerprint density at radius 3 is 1.81 bits per heavy atom. The van der Waals surface area contributed by atoms with E-state index in [-0.39, 0.29) is 0 Å². The third-order valence-electron chi connectivity index (χ3n) is 5.79. The number of rotatable bonds is 5. The van der Waals surface area contributed by atoms with Gasteiger partial charge in [-0.25, -0.2) is 0 Å². The number of hydroxylamine groups is 3. The van der Waals surface area contributed by atoms with Crippen LogP contribution in [0.1, 0.15) is 29.5 Å². The zero-order valence-electron chi connectivity index (χ0n) is 15.4. The highest BCUT2D eigenvalue weighted by Gasteiger charge is 2.51. The highest BCUT2D eigenvalue weighted by molar-refractivity contribution is 5.38. The molecule has 0 amide bonds. The first kappa shape index (κ1) is 17.9. The molecule has 3 nitrogen and oxygen atoms in total. The van der Waals surface area contributed by atoms with E-state index in [9.17, 15) is 10.3 Å². The molecular formula is C24H25NO2. The summed E-state index contributed by atoms with van der Waals surface area (Å²) in [5, 5.41) is 26.0. The largest absolute Gasteiger partial charge is 0.632 e. The minimum absolute atomic E-state index is 0.382. The van der Waals surface area contributed by atoms with Crippen LogP contribution < -0.4 is 0 Å². The first-order valence-electron chi connectivity index (χ1n) is 9.58. The Morgan fingerprint density at radius 1 is 0.815 bits per heavy atom. The van der Waals surface area contributed by atoms with E-state index in [4.69, 9.17) is 0 Å². The lowest BCUT2D eigenvalue weighted by Crippen LogP contribution is -2.56. The molecule has 0 radical (unpaired) electrons. The molecular weight excluding hydrogens is 334 g/mol. The number of hydrogen-bond acceptors (Lipinski definition) is 2. The molecule has 0 spiro atoms. The highest BCUT2D eigenvalue weighted by atomic mass is 16.6. The van der Waals surface area contributed by atoms with Gasteiger partial charge in [0.1, 0.15) is 12.6 Å². The van der Waals surface area contributed by atoms with Crippen molar-refractivity contribution >= 4 is 0 Å². The molecule has 0 aliphatic carbocycles. The molecule has 1 unspecified atom stereocenters. The molecule has 0 saturated carbocycles. The lowest BCUT2D eigenvalue weighted by atomic mass is 9.78. The summed E-state index contributed by atoms with van der Waals surface area (Å²) < 4.78 is -0.399. The van der Waals surface area contributed by atoms with E-state index in [1.807, 2.05) is 91.0 Å². The zero-order valence-corrected chi connectivity index (χ0v) is 15.4. The molecule has 0 bridgehead atoms. The van der Waals surface area contributed by atoms with Crippen molar-refractivity contribution in [2.45, 2.75) is 31.0 Å². The molecule has 1 N–H and O–H groups in total. The Labute approximate surface area is 160 Å². The van der Waals surface area contributed by atoms with E-state index in [2.05, 4.69) is 0 Å². The van der Waals surface area contributed by atoms with Gasteiger partial charge in [0.05, 0.1) is 6.54 Å². The second kappa shape index (κ2) is 7.28. The molecule has 1 aliphatic rings. The normalized spacial score (nSPS) is 22.7. The van der Waals surface area contributed by atoms with Crippen LogP contribution in [0.2, 0.25) is 0 Å². The van der Waals surface area contributed by atoms with Crippen molar-refractivity contribution < 1.29 is 9.75 Å². The minimum Gasteiger partial charge on any atom is -0.632 e. The fraction of sp³-hybridized carbons (Fsp3) is 0.250. The van der Waals surface area contributed by atoms with Gasteiger partial charge in [-0.15, -0.1) is 0 Å². The number of hydrogen-bond donors (Lipinski definition) is 1. The van der Waals surface area contributed by atoms with Gasteiger partial charge in [-0.1, -0.05) is 91.0 Å². The maximum absolute atomic E-state index is 14.0. The van der Waals surface area contributed by atoms with E-state index in [0.717, 1.165) is 23.1 Å². The summed E-state index contributed by atoms with van der Waals surface area (Å²) in [6, 6.07) is 28.7. The molecule has 1 aliphatic heterocycles. The van der Waals surface area contributed by atoms with Gasteiger partial charge in [0.15, 0.2) is 5.60 Å². The molecule has 4 rings (SSSR count). The van der Waals surface area contributed by atoms with Crippen molar-refractivity contribution in [2.24, 2.45) is 0 Å². The van der Waals surface area contributed by atoms with Crippen LogP contribution in [0.25, 0.3) is 0 Å². The zero-order chi connectivity index (χ0) is 18.7. The average Bonchev–Trinajstić information content (AvgIpc) is 3.11. The fourth-order valence-corrected chi connectivity index (χ4v) is 4.51. The van der Waals surface area contributed by atoms with Crippen molar-refractivity contribution in [1.82, 2.24) is 0 Å². The van der Waals surface area contributed by atoms with Crippen molar-refractivity contribution in [3.8, 4) is 0 Å². The van der Waals surface area contributed by atoms with Crippen molar-refractivity contribution in [2.75, 3.05) is 6.54 Å². The number of quaternary nitrogens is 1. The third kappa shape index (κ3) is 3.30. The standard InChI is InChI=1S/C24H25NO2/c26-24(21-13-6-2-7-14-21,22-15-8-3-9-16-22)23-17-10-18-25(23,27)19-20-11-4-1-5-12-20/h1-9,11-16,23,26H,10,17-19H2/t23-,25?/m0/s1. The summed E-state index contributed by atoms with van der Waals surface area (Å²) in [4.78, 5) is 0. The lowest BCUT2D eigenvalue weighted by Gasteiger charge is -2.50. The van der Waals surface area contributed by atoms with Crippen LogP contribution in [-0.2, 0) is 12.1 Å². The second-order valence-electron chi connectivity index (χ2n) is 7.48. The Morgan fingerprint density at radius 2 is 1.30 bits per heavy atom. The molecule has 1 saturated heterocycles. The lowest BCUT2D eigenvalue weighted by molar-refractivity contribution is -0.913. The van der Waals surface area contributed by atoms with Crippen molar-refractivity contribution in [1.29, 1.82) is 0 Å². The minimum atomic E-state index is -1.31. The van der Waals surface area contributed by atoms with Crippen molar-refractivity contribution in [3.05, 3.63) is 113 Å². The molecule has 3 aromatic rings. The van der Waals surface area contributed by atoms with Crippen LogP contribution in [0.3, 0.4) is 0 Å². The summed E-state index contributed by atoms with van der Waals surface area (Å²) in [6.07, 6.45) is 1.53. The van der Waals surface area contributed by atoms with Crippen molar-refractivity contribution in [3.63, 3.8) is 0 Å². The van der Waals surface area contributed by atoms with Gasteiger partial charge in [-0.3, -0.25) is 0 Å². The maximum atomic E-state index is 14.0. The van der Waals surface area contributed by atoms with Gasteiger partial charge < -0.3 is 15.0 Å². The number of aliphatic hydroxyl groups is 1. The van der Waals surface area contributed by atoms with Crippen LogP contribution in [0.4, 0.5) is 0 Å². The Balaban J connectivity index is 1.80. The van der Waals surface area contributed by atoms with Crippen LogP contribution in [0, 0.1) is 5.21 Å². The summed E-state index contributed by atoms with van der Waals surface area (Å²) in [7, 11) is 0. The SMILES string of the molecule is [O-][N+]1(Cc2ccccc2)CCC[C@H]1C(O)(c1ccccc1)c1ccccc1. The van der Waals surface area contributed by atoms with Gasteiger partial charge >= 0.3 is 0 Å². The predicted molar refractivity (Wildman–Crippen MR) is 108 cm³/mol. The third-order valence-corrected chi connectivity index (χ3v) is 5.79. The van der Waals surface area contributed by atoms with Gasteiger partial charge in [0.25, 0.3) is 0 Å². The number of likely N-dealkylation sites (tertiary alicyclic amines) is 1. The molecule has 3 aromatic carbocycles. The van der Waals surface area contributed by atoms with Gasteiger partial charge in [-0.2, -0.15) is 0 Å². The van der Waals surface area contributed by atoms with Crippen LogP contribution >= 0.6 is 0 Å². The van der Waals surface area contributed by atoms with E-state index >= 15 is 0 Å². The quantitative estimate of drug-likeness (QED) is 0.534. The summed E-state index contributed by atoms with van der Waals surface area (Å²) >= 11 is 0. The number of nitrogens with zero attached hydrogens (tertiary/aromatic N) is 1. The molecule has 1 fully saturated rings. The molecule has 27 heavy (non-hydrogen) atoms. The van der Waals surface area contributed by atoms with Gasteiger partial charge in [-0.05, 0) is 11.1 Å². The Kier molecular flexibility index (Phi) is 4.83. The second-order valence-corrected chi connectivity index (χ2v) is 7.48. The molecule has 1 heterocycles. The van der Waals surface area contributed by atoms with E-state index in [1.54, 1.807) is 0 Å². The summed E-state index contributed by atoms with van der Waals surface area (Å²) in [5.41, 5.74) is 1.28. The maximum Gasteiger partial charge on any atom is 0.167 e. The van der Waals surface area contributed by atoms with Gasteiger partial charge in [0, 0.05) is 18.4 Å². The molecule has 3 heteroatoms. The van der Waals surface area contributed by atoms with Crippen LogP contribution in [0.15, 0.2) is 91.0 Å². The highest BCUT2D eigenvalue weighted by Crippen LogP contribution is 2.44. The predicted octanol–water partition coefficient (Wildman–Crippen LogP) is 4.60. The summed E-state index contributed by atoms with van der Waals surface area (Å²) in [5.74, 6) is 0. The number of benzene rings is 3. The summed E-state index contributed by atoms with van der Waals surface area (Å²) in [6.45, 7) is 0.912. The molecule has 0 aromatic heterocycles. The van der Waals surface area contributed by atoms with E-state index in [0.29, 0.717) is 19.5 Å². The van der Waals surface area contributed by atoms with Gasteiger partial charge in [0.2, 0.25) is 0 Å². The Bertz CT molecular complexity index is 827. The Hall–Kier alpha value is -2.46. The van der Waals surface area contributed by atoms with E-state index in [1.165, 1.54) is 0 Å². The smallest absolute Gasteiger partial charge is 0.167 e. The van der Waals surface area contributed by atoms with Crippen LogP contribution in [0.5, 0.6) is 0 Å². The average molecular weight is 359 g/mol. The molecule has 2 atom stereocenters. The fourth-order valence-electron chi connectivity index (χ4n) is 4.51. The molecule has 138 valence electrons. The van der Waals surface area contributed by atoms with Crippen LogP contribution in [-0.4, -0.2) is 22.3 Å². The first-order chi connectivity index (χ1) is 13.1. The monoisotopic (exact) mass is 359 g/mol.